The predicted octanol–water partition coefficient (Wildman–Crippen LogP) is 6.56. The molecule has 0 fully saturated rings. The molecule has 0 N–H and O–H groups in total. The second kappa shape index (κ2) is 12.4. The van der Waals surface area contributed by atoms with E-state index < -0.39 is 0 Å². The van der Waals surface area contributed by atoms with Crippen molar-refractivity contribution in [2.75, 3.05) is 0 Å². The van der Waals surface area contributed by atoms with Crippen LogP contribution >= 0.6 is 60.6 Å². The van der Waals surface area contributed by atoms with Crippen LogP contribution in [0.4, 0.5) is 8.78 Å². The van der Waals surface area contributed by atoms with E-state index in [0.29, 0.717) is 0 Å². The SMILES string of the molecule is Cc1ccc(F)cc1Br.Fc1ccc(CBr)c(Br)c1.[B]=NS. The third-order valence-electron chi connectivity index (χ3n) is 2.29. The van der Waals surface area contributed by atoms with E-state index in [-0.39, 0.29) is 11.6 Å². The van der Waals surface area contributed by atoms with Gasteiger partial charge in [-0.3, -0.25) is 0 Å². The molecule has 0 aliphatic heterocycles. The summed E-state index contributed by atoms with van der Waals surface area (Å²) in [5.41, 5.74) is 2.11. The second-order valence-corrected chi connectivity index (χ2v) is 6.38. The molecule has 0 unspecified atom stereocenters. The number of rotatable bonds is 1. The van der Waals surface area contributed by atoms with Gasteiger partial charge in [0.15, 0.2) is 0 Å². The van der Waals surface area contributed by atoms with Gasteiger partial charge in [-0.1, -0.05) is 59.9 Å². The minimum atomic E-state index is -0.212. The summed E-state index contributed by atoms with van der Waals surface area (Å²) in [5, 5.41) is 0.744. The Bertz CT molecular complexity index is 615. The molecule has 0 saturated carbocycles. The fraction of sp³-hybridized carbons (Fsp3) is 0.143. The maximum absolute atomic E-state index is 12.4. The first kappa shape index (κ1) is 22.0. The Kier molecular flexibility index (Phi) is 12.4. The molecule has 0 amide bonds. The van der Waals surface area contributed by atoms with Crippen molar-refractivity contribution in [2.45, 2.75) is 12.3 Å². The molecule has 117 valence electrons. The summed E-state index contributed by atoms with van der Waals surface area (Å²) in [6, 6.07) is 9.28. The quantitative estimate of drug-likeness (QED) is 0.251. The Morgan fingerprint density at radius 3 is 1.86 bits per heavy atom. The average molecular weight is 515 g/mol. The predicted molar refractivity (Wildman–Crippen MR) is 103 cm³/mol. The summed E-state index contributed by atoms with van der Waals surface area (Å²) in [4.78, 5) is 0. The van der Waals surface area contributed by atoms with Crippen LogP contribution < -0.4 is 0 Å². The Balaban J connectivity index is 0.000000342. The Labute approximate surface area is 161 Å². The zero-order valence-corrected chi connectivity index (χ0v) is 17.2. The molecule has 0 bridgehead atoms. The van der Waals surface area contributed by atoms with Gasteiger partial charge in [-0.05, 0) is 42.3 Å². The number of hydrogen-bond donors (Lipinski definition) is 1. The van der Waals surface area contributed by atoms with Crippen molar-refractivity contribution in [2.24, 2.45) is 4.30 Å². The van der Waals surface area contributed by atoms with Crippen LogP contribution in [0.15, 0.2) is 49.6 Å². The monoisotopic (exact) mass is 512 g/mol. The van der Waals surface area contributed by atoms with Gasteiger partial charge in [-0.25, -0.2) is 8.78 Å². The zero-order valence-electron chi connectivity index (χ0n) is 11.5. The molecule has 0 aliphatic carbocycles. The summed E-state index contributed by atoms with van der Waals surface area (Å²) in [6.07, 6.45) is 0. The molecule has 2 rings (SSSR count). The van der Waals surface area contributed by atoms with Crippen molar-refractivity contribution in [3.05, 3.63) is 68.1 Å². The van der Waals surface area contributed by atoms with Crippen molar-refractivity contribution in [3.8, 4) is 0 Å². The maximum atomic E-state index is 12.4. The van der Waals surface area contributed by atoms with E-state index in [0.717, 1.165) is 25.4 Å². The molecule has 0 saturated heterocycles. The van der Waals surface area contributed by atoms with E-state index in [9.17, 15) is 8.78 Å². The number of nitrogens with zero attached hydrogens (tertiary/aromatic N) is 1. The summed E-state index contributed by atoms with van der Waals surface area (Å²) < 4.78 is 29.1. The number of alkyl halides is 1. The first-order chi connectivity index (χ1) is 10.3. The number of hydrogen-bond acceptors (Lipinski definition) is 2. The summed E-state index contributed by atoms with van der Waals surface area (Å²) in [7, 11) is 4.34. The first-order valence-electron chi connectivity index (χ1n) is 5.81. The van der Waals surface area contributed by atoms with Gasteiger partial charge in [0.2, 0.25) is 0 Å². The molecule has 0 atom stereocenters. The fourth-order valence-electron chi connectivity index (χ4n) is 1.20. The van der Waals surface area contributed by atoms with Crippen molar-refractivity contribution < 1.29 is 8.78 Å². The molecule has 1 nitrogen and oxygen atoms in total. The van der Waals surface area contributed by atoms with E-state index in [1.54, 1.807) is 12.1 Å². The van der Waals surface area contributed by atoms with Gasteiger partial charge < -0.3 is 0 Å². The van der Waals surface area contributed by atoms with Crippen LogP contribution in [-0.2, 0) is 5.33 Å². The van der Waals surface area contributed by atoms with E-state index in [1.807, 2.05) is 6.92 Å². The molecule has 1 radical (unpaired) electrons. The van der Waals surface area contributed by atoms with E-state index >= 15 is 0 Å². The number of halogens is 5. The molecule has 0 heterocycles. The third-order valence-corrected chi connectivity index (χ3v) is 4.49. The van der Waals surface area contributed by atoms with Gasteiger partial charge in [0.1, 0.15) is 11.6 Å². The van der Waals surface area contributed by atoms with Crippen LogP contribution in [0.5, 0.6) is 0 Å². The molecular formula is C14H12BBr3F2NS. The molecule has 8 heteroatoms. The van der Waals surface area contributed by atoms with Crippen LogP contribution in [-0.4, -0.2) is 7.64 Å². The van der Waals surface area contributed by atoms with Crippen molar-refractivity contribution in [3.63, 3.8) is 0 Å². The van der Waals surface area contributed by atoms with Crippen LogP contribution in [0.25, 0.3) is 0 Å². The summed E-state index contributed by atoms with van der Waals surface area (Å²) >= 11 is 12.9. The minimum absolute atomic E-state index is 0.201. The number of thiol groups is 1. The molecule has 2 aromatic rings. The van der Waals surface area contributed by atoms with Gasteiger partial charge in [0.25, 0.3) is 0 Å². The number of benzene rings is 2. The third kappa shape index (κ3) is 9.17. The molecular weight excluding hydrogens is 503 g/mol. The van der Waals surface area contributed by atoms with Crippen LogP contribution in [0.3, 0.4) is 0 Å². The van der Waals surface area contributed by atoms with E-state index in [2.05, 4.69) is 72.5 Å². The Morgan fingerprint density at radius 1 is 1.05 bits per heavy atom. The van der Waals surface area contributed by atoms with Crippen molar-refractivity contribution in [1.29, 1.82) is 0 Å². The molecule has 0 spiro atoms. The van der Waals surface area contributed by atoms with Gasteiger partial charge in [-0.15, -0.1) is 0 Å². The molecule has 2 aromatic carbocycles. The van der Waals surface area contributed by atoms with Gasteiger partial charge in [-0.2, -0.15) is 0 Å². The van der Waals surface area contributed by atoms with Crippen LogP contribution in [0, 0.1) is 18.6 Å². The van der Waals surface area contributed by atoms with Gasteiger partial charge in [0, 0.05) is 14.3 Å². The standard InChI is InChI=1S/C7H5Br2F.C7H6BrF.BHNS/c8-4-5-1-2-6(10)3-7(5)9;1-5-2-3-6(9)4-7(5)8;1-2-3/h1-3H,4H2;2-4H,1H3;3H. The number of aryl methyl sites for hydroxylation is 1. The van der Waals surface area contributed by atoms with E-state index in [1.165, 1.54) is 24.3 Å². The summed E-state index contributed by atoms with van der Waals surface area (Å²) in [5.74, 6) is -0.413. The summed E-state index contributed by atoms with van der Waals surface area (Å²) in [6.45, 7) is 1.92. The van der Waals surface area contributed by atoms with Crippen molar-refractivity contribution >= 4 is 68.2 Å². The van der Waals surface area contributed by atoms with Crippen molar-refractivity contribution in [1.82, 2.24) is 0 Å². The fourth-order valence-corrected chi connectivity index (χ4v) is 2.90. The topological polar surface area (TPSA) is 12.4 Å². The van der Waals surface area contributed by atoms with Gasteiger partial charge >= 0.3 is 24.8 Å². The second-order valence-electron chi connectivity index (χ2n) is 3.88. The average Bonchev–Trinajstić information content (AvgIpc) is 2.45. The molecule has 0 aromatic heterocycles. The zero-order chi connectivity index (χ0) is 17.1. The molecule has 0 aliphatic rings. The van der Waals surface area contributed by atoms with Gasteiger partial charge in [0.05, 0.1) is 0 Å². The Morgan fingerprint density at radius 2 is 1.50 bits per heavy atom. The Hall–Kier alpha value is -0.0451. The van der Waals surface area contributed by atoms with Crippen LogP contribution in [0.2, 0.25) is 0 Å². The first-order valence-corrected chi connectivity index (χ1v) is 8.92. The van der Waals surface area contributed by atoms with Crippen LogP contribution in [0.1, 0.15) is 11.1 Å². The normalized spacial score (nSPS) is 9.00. The molecule has 22 heavy (non-hydrogen) atoms. The van der Waals surface area contributed by atoms with E-state index in [4.69, 9.17) is 0 Å².